The molecular weight excluding hydrogens is 466 g/mol. The highest BCUT2D eigenvalue weighted by Crippen LogP contribution is 2.28. The zero-order valence-corrected chi connectivity index (χ0v) is 20.1. The summed E-state index contributed by atoms with van der Waals surface area (Å²) in [5.74, 6) is -0.265. The molecule has 4 aromatic rings. The van der Waals surface area contributed by atoms with E-state index in [2.05, 4.69) is 4.99 Å². The first-order valence-electron chi connectivity index (χ1n) is 11.1. The summed E-state index contributed by atoms with van der Waals surface area (Å²) in [5, 5.41) is 21.5. The van der Waals surface area contributed by atoms with Crippen LogP contribution in [-0.2, 0) is 10.0 Å². The molecule has 4 rings (SSSR count). The van der Waals surface area contributed by atoms with Crippen molar-refractivity contribution in [1.82, 2.24) is 8.87 Å². The average Bonchev–Trinajstić information content (AvgIpc) is 2.86. The van der Waals surface area contributed by atoms with Crippen LogP contribution in [0.15, 0.2) is 87.5 Å². The molecule has 0 amide bonds. The van der Waals surface area contributed by atoms with Crippen molar-refractivity contribution in [2.45, 2.75) is 18.7 Å². The summed E-state index contributed by atoms with van der Waals surface area (Å²) < 4.78 is 28.5. The molecule has 0 atom stereocenters. The van der Waals surface area contributed by atoms with E-state index in [9.17, 15) is 23.4 Å². The molecule has 0 aliphatic rings. The van der Waals surface area contributed by atoms with E-state index in [0.717, 1.165) is 4.57 Å². The van der Waals surface area contributed by atoms with Crippen LogP contribution in [-0.4, -0.2) is 46.8 Å². The van der Waals surface area contributed by atoms with Gasteiger partial charge >= 0.3 is 0 Å². The van der Waals surface area contributed by atoms with Gasteiger partial charge in [0, 0.05) is 30.1 Å². The van der Waals surface area contributed by atoms with Crippen molar-refractivity contribution in [3.63, 3.8) is 0 Å². The van der Waals surface area contributed by atoms with Crippen molar-refractivity contribution < 1.29 is 18.6 Å². The van der Waals surface area contributed by atoms with Crippen molar-refractivity contribution in [3.8, 4) is 17.3 Å². The molecule has 0 saturated heterocycles. The maximum atomic E-state index is 13.4. The second-order valence-corrected chi connectivity index (χ2v) is 9.72. The van der Waals surface area contributed by atoms with Gasteiger partial charge in [0.15, 0.2) is 0 Å². The van der Waals surface area contributed by atoms with Gasteiger partial charge in [-0.15, -0.1) is 0 Å². The second-order valence-electron chi connectivity index (χ2n) is 7.78. The number of sulfonamides is 1. The lowest BCUT2D eigenvalue weighted by molar-refractivity contribution is 0.435. The fraction of sp³-hybridized carbons (Fsp3) is 0.154. The highest BCUT2D eigenvalue weighted by Gasteiger charge is 2.23. The number of benzene rings is 3. The molecular formula is C26H25N3O5S. The molecule has 0 radical (unpaired) electrons. The van der Waals surface area contributed by atoms with Crippen molar-refractivity contribution in [2.24, 2.45) is 4.99 Å². The van der Waals surface area contributed by atoms with Crippen molar-refractivity contribution >= 4 is 32.7 Å². The van der Waals surface area contributed by atoms with E-state index in [4.69, 9.17) is 0 Å². The Morgan fingerprint density at radius 3 is 2.23 bits per heavy atom. The number of aromatic hydroxyl groups is 2. The van der Waals surface area contributed by atoms with Gasteiger partial charge in [0.05, 0.1) is 21.8 Å². The highest BCUT2D eigenvalue weighted by atomic mass is 32.2. The standard InChI is InChI=1S/C26H25N3O5S/c1-3-28(4-2)35(33,34)21-9-7-8-19(16-21)29-25(31)23-11-6-5-10-22(23)24(26(29)32)17-27-18-12-14-20(30)15-13-18/h5-17,30,32H,3-4H2,1-2H3. The van der Waals surface area contributed by atoms with Crippen LogP contribution in [0.5, 0.6) is 11.6 Å². The van der Waals surface area contributed by atoms with Gasteiger partial charge in [-0.2, -0.15) is 4.31 Å². The molecule has 1 aromatic heterocycles. The van der Waals surface area contributed by atoms with Crippen molar-refractivity contribution in [3.05, 3.63) is 88.7 Å². The number of aliphatic imine (C=N–C) groups is 1. The minimum atomic E-state index is -3.77. The lowest BCUT2D eigenvalue weighted by Gasteiger charge is -2.19. The number of hydrogen-bond donors (Lipinski definition) is 2. The van der Waals surface area contributed by atoms with E-state index in [0.29, 0.717) is 35.1 Å². The highest BCUT2D eigenvalue weighted by molar-refractivity contribution is 7.89. The fourth-order valence-corrected chi connectivity index (χ4v) is 5.40. The smallest absolute Gasteiger partial charge is 0.265 e. The normalized spacial score (nSPS) is 12.1. The third-order valence-corrected chi connectivity index (χ3v) is 7.76. The maximum absolute atomic E-state index is 13.4. The monoisotopic (exact) mass is 491 g/mol. The number of phenols is 1. The molecule has 0 spiro atoms. The number of aromatic nitrogens is 1. The summed E-state index contributed by atoms with van der Waals surface area (Å²) in [6.45, 7) is 4.12. The zero-order valence-electron chi connectivity index (χ0n) is 19.3. The van der Waals surface area contributed by atoms with Crippen LogP contribution in [0.1, 0.15) is 19.4 Å². The zero-order chi connectivity index (χ0) is 25.2. The molecule has 0 fully saturated rings. The molecule has 9 heteroatoms. The number of hydrogen-bond acceptors (Lipinski definition) is 6. The SMILES string of the molecule is CCN(CC)S(=O)(=O)c1cccc(-n2c(O)c(C=Nc3ccc(O)cc3)c3ccccc3c2=O)c1. The van der Waals surface area contributed by atoms with Crippen LogP contribution < -0.4 is 5.56 Å². The molecule has 180 valence electrons. The molecule has 0 bridgehead atoms. The summed E-state index contributed by atoms with van der Waals surface area (Å²) in [6.07, 6.45) is 1.44. The Balaban J connectivity index is 1.93. The fourth-order valence-electron chi connectivity index (χ4n) is 3.90. The summed E-state index contributed by atoms with van der Waals surface area (Å²) in [5.41, 5.74) is 0.560. The van der Waals surface area contributed by atoms with Crippen LogP contribution in [0.2, 0.25) is 0 Å². The number of nitrogens with zero attached hydrogens (tertiary/aromatic N) is 3. The minimum Gasteiger partial charge on any atom is -0.508 e. The minimum absolute atomic E-state index is 0.0254. The van der Waals surface area contributed by atoms with Crippen LogP contribution in [0.4, 0.5) is 5.69 Å². The van der Waals surface area contributed by atoms with Gasteiger partial charge in [-0.05, 0) is 48.5 Å². The molecule has 1 heterocycles. The summed E-state index contributed by atoms with van der Waals surface area (Å²) in [7, 11) is -3.77. The van der Waals surface area contributed by atoms with Gasteiger partial charge in [-0.1, -0.05) is 38.1 Å². The number of phenolic OH excluding ortho intramolecular Hbond substituents is 1. The Kier molecular flexibility index (Phi) is 6.72. The first kappa shape index (κ1) is 24.2. The average molecular weight is 492 g/mol. The Hall–Kier alpha value is -3.95. The molecule has 35 heavy (non-hydrogen) atoms. The number of rotatable bonds is 7. The first-order chi connectivity index (χ1) is 16.8. The predicted molar refractivity (Wildman–Crippen MR) is 137 cm³/mol. The maximum Gasteiger partial charge on any atom is 0.265 e. The van der Waals surface area contributed by atoms with Gasteiger partial charge in [0.25, 0.3) is 5.56 Å². The summed E-state index contributed by atoms with van der Waals surface area (Å²) in [6, 6.07) is 19.0. The lowest BCUT2D eigenvalue weighted by Crippen LogP contribution is -2.30. The third-order valence-electron chi connectivity index (χ3n) is 5.71. The van der Waals surface area contributed by atoms with Crippen LogP contribution in [0.3, 0.4) is 0 Å². The van der Waals surface area contributed by atoms with Gasteiger partial charge in [-0.25, -0.2) is 13.0 Å². The lowest BCUT2D eigenvalue weighted by atomic mass is 10.1. The largest absolute Gasteiger partial charge is 0.508 e. The molecule has 8 nitrogen and oxygen atoms in total. The first-order valence-corrected chi connectivity index (χ1v) is 12.5. The van der Waals surface area contributed by atoms with E-state index in [-0.39, 0.29) is 22.2 Å². The van der Waals surface area contributed by atoms with E-state index in [1.807, 2.05) is 0 Å². The number of fused-ring (bicyclic) bond motifs is 1. The number of pyridine rings is 1. The predicted octanol–water partition coefficient (Wildman–Crippen LogP) is 4.18. The van der Waals surface area contributed by atoms with E-state index in [1.54, 1.807) is 56.3 Å². The second kappa shape index (κ2) is 9.73. The van der Waals surface area contributed by atoms with Crippen LogP contribution in [0, 0.1) is 0 Å². The molecule has 0 aliphatic carbocycles. The Morgan fingerprint density at radius 1 is 0.914 bits per heavy atom. The Labute approximate surface area is 203 Å². The van der Waals surface area contributed by atoms with E-state index >= 15 is 0 Å². The topological polar surface area (TPSA) is 112 Å². The Morgan fingerprint density at radius 2 is 1.57 bits per heavy atom. The molecule has 0 saturated carbocycles. The van der Waals surface area contributed by atoms with Crippen LogP contribution in [0.25, 0.3) is 16.5 Å². The summed E-state index contributed by atoms with van der Waals surface area (Å²) in [4.78, 5) is 17.8. The van der Waals surface area contributed by atoms with Gasteiger partial charge in [0.2, 0.25) is 15.9 Å². The van der Waals surface area contributed by atoms with Gasteiger partial charge < -0.3 is 10.2 Å². The third kappa shape index (κ3) is 4.55. The molecule has 0 unspecified atom stereocenters. The van der Waals surface area contributed by atoms with Gasteiger partial charge in [-0.3, -0.25) is 9.79 Å². The quantitative estimate of drug-likeness (QED) is 0.377. The van der Waals surface area contributed by atoms with Gasteiger partial charge in [0.1, 0.15) is 5.75 Å². The van der Waals surface area contributed by atoms with E-state index in [1.165, 1.54) is 40.9 Å². The molecule has 0 aliphatic heterocycles. The molecule has 3 aromatic carbocycles. The molecule has 2 N–H and O–H groups in total. The van der Waals surface area contributed by atoms with Crippen molar-refractivity contribution in [1.29, 1.82) is 0 Å². The Bertz CT molecular complexity index is 1570. The summed E-state index contributed by atoms with van der Waals surface area (Å²) >= 11 is 0. The van der Waals surface area contributed by atoms with Crippen molar-refractivity contribution in [2.75, 3.05) is 13.1 Å². The van der Waals surface area contributed by atoms with Crippen LogP contribution >= 0.6 is 0 Å². The van der Waals surface area contributed by atoms with E-state index < -0.39 is 15.6 Å².